The summed E-state index contributed by atoms with van der Waals surface area (Å²) in [6, 6.07) is 2.56. The Morgan fingerprint density at radius 3 is 2.85 bits per heavy atom. The molecule has 0 aliphatic rings. The number of halogens is 2. The fourth-order valence-electron chi connectivity index (χ4n) is 0.947. The van der Waals surface area contributed by atoms with Gasteiger partial charge in [0.05, 0.1) is 11.1 Å². The summed E-state index contributed by atoms with van der Waals surface area (Å²) in [6.45, 7) is 0.283. The summed E-state index contributed by atoms with van der Waals surface area (Å²) >= 11 is 3.01. The molecule has 0 fully saturated rings. The smallest absolute Gasteiger partial charge is 0.141 e. The molecule has 0 aromatic heterocycles. The van der Waals surface area contributed by atoms with E-state index in [0.29, 0.717) is 16.5 Å². The van der Waals surface area contributed by atoms with Gasteiger partial charge in [0.15, 0.2) is 0 Å². The van der Waals surface area contributed by atoms with Gasteiger partial charge in [-0.05, 0) is 27.6 Å². The van der Waals surface area contributed by atoms with Crippen LogP contribution in [0.2, 0.25) is 0 Å². The van der Waals surface area contributed by atoms with Crippen LogP contribution in [-0.2, 0) is 11.3 Å². The summed E-state index contributed by atoms with van der Waals surface area (Å²) in [5.74, 6) is 4.25. The highest BCUT2D eigenvalue weighted by Gasteiger charge is 2.06. The predicted octanol–water partition coefficient (Wildman–Crippen LogP) is 1.73. The van der Waals surface area contributed by atoms with E-state index in [4.69, 9.17) is 5.90 Å². The van der Waals surface area contributed by atoms with Gasteiger partial charge in [-0.1, -0.05) is 0 Å². The Hall–Kier alpha value is -0.650. The lowest BCUT2D eigenvalue weighted by Crippen LogP contribution is -2.04. The average Bonchev–Trinajstić information content (AvgIpc) is 2.09. The van der Waals surface area contributed by atoms with Crippen LogP contribution in [0.3, 0.4) is 0 Å². The molecule has 0 saturated heterocycles. The zero-order valence-electron chi connectivity index (χ0n) is 6.76. The number of nitrogens with two attached hydrogens (primary N) is 1. The topological polar surface area (TPSA) is 55.5 Å². The van der Waals surface area contributed by atoms with Crippen molar-refractivity contribution in [3.05, 3.63) is 28.0 Å². The van der Waals surface area contributed by atoms with Crippen LogP contribution in [0.15, 0.2) is 16.6 Å². The van der Waals surface area contributed by atoms with Crippen molar-refractivity contribution in [2.24, 2.45) is 5.90 Å². The molecule has 0 aliphatic heterocycles. The third-order valence-electron chi connectivity index (χ3n) is 1.61. The molecule has 5 heteroatoms. The van der Waals surface area contributed by atoms with Crippen molar-refractivity contribution in [3.8, 4) is 5.75 Å². The van der Waals surface area contributed by atoms with Gasteiger partial charge in [0, 0.05) is 12.5 Å². The van der Waals surface area contributed by atoms with E-state index < -0.39 is 5.82 Å². The van der Waals surface area contributed by atoms with Crippen molar-refractivity contribution in [3.63, 3.8) is 0 Å². The van der Waals surface area contributed by atoms with E-state index in [1.807, 2.05) is 0 Å². The number of phenols is 1. The molecule has 0 atom stereocenters. The minimum absolute atomic E-state index is 0.0854. The van der Waals surface area contributed by atoms with Crippen molar-refractivity contribution < 1.29 is 14.3 Å². The van der Waals surface area contributed by atoms with E-state index in [1.54, 1.807) is 0 Å². The molecule has 0 saturated carbocycles. The number of benzene rings is 1. The number of hydrogen-bond donors (Lipinski definition) is 2. The first-order valence-corrected chi connectivity index (χ1v) is 4.43. The fourth-order valence-corrected chi connectivity index (χ4v) is 1.34. The maximum Gasteiger partial charge on any atom is 0.141 e. The van der Waals surface area contributed by atoms with Crippen molar-refractivity contribution >= 4 is 15.9 Å². The zero-order chi connectivity index (χ0) is 9.84. The van der Waals surface area contributed by atoms with Crippen LogP contribution in [-0.4, -0.2) is 11.7 Å². The number of rotatable bonds is 3. The molecule has 0 bridgehead atoms. The maximum absolute atomic E-state index is 12.8. The van der Waals surface area contributed by atoms with Crippen LogP contribution >= 0.6 is 15.9 Å². The highest BCUT2D eigenvalue weighted by molar-refractivity contribution is 9.10. The molecule has 1 rings (SSSR count). The van der Waals surface area contributed by atoms with E-state index in [1.165, 1.54) is 6.07 Å². The van der Waals surface area contributed by atoms with Crippen LogP contribution in [0.1, 0.15) is 5.56 Å². The third kappa shape index (κ3) is 2.65. The summed E-state index contributed by atoms with van der Waals surface area (Å²) in [7, 11) is 0. The molecule has 0 amide bonds. The highest BCUT2D eigenvalue weighted by atomic mass is 79.9. The first kappa shape index (κ1) is 10.4. The minimum atomic E-state index is -0.491. The molecule has 0 heterocycles. The molecule has 1 aromatic rings. The van der Waals surface area contributed by atoms with Crippen LogP contribution in [0, 0.1) is 5.82 Å². The molecule has 0 spiro atoms. The molecule has 3 nitrogen and oxygen atoms in total. The van der Waals surface area contributed by atoms with Gasteiger partial charge in [-0.15, -0.1) is 0 Å². The van der Waals surface area contributed by atoms with Crippen molar-refractivity contribution in [1.29, 1.82) is 0 Å². The molecule has 1 aromatic carbocycles. The first-order chi connectivity index (χ1) is 6.15. The van der Waals surface area contributed by atoms with E-state index >= 15 is 0 Å². The second kappa shape index (κ2) is 4.55. The molecule has 0 radical (unpaired) electrons. The fraction of sp³-hybridized carbons (Fsp3) is 0.250. The van der Waals surface area contributed by atoms with E-state index in [0.717, 1.165) is 6.07 Å². The Morgan fingerprint density at radius 1 is 1.54 bits per heavy atom. The highest BCUT2D eigenvalue weighted by Crippen LogP contribution is 2.25. The second-order valence-corrected chi connectivity index (χ2v) is 3.37. The van der Waals surface area contributed by atoms with Crippen LogP contribution in [0.5, 0.6) is 5.75 Å². The van der Waals surface area contributed by atoms with E-state index in [9.17, 15) is 9.50 Å². The van der Waals surface area contributed by atoms with Gasteiger partial charge in [0.1, 0.15) is 11.6 Å². The zero-order valence-corrected chi connectivity index (χ0v) is 8.34. The Balaban J connectivity index is 2.88. The average molecular weight is 250 g/mol. The van der Waals surface area contributed by atoms with Gasteiger partial charge in [-0.25, -0.2) is 10.3 Å². The van der Waals surface area contributed by atoms with Gasteiger partial charge in [-0.2, -0.15) is 0 Å². The predicted molar refractivity (Wildman–Crippen MR) is 49.6 cm³/mol. The summed E-state index contributed by atoms with van der Waals surface area (Å²) in [5, 5.41) is 9.29. The monoisotopic (exact) mass is 249 g/mol. The van der Waals surface area contributed by atoms with E-state index in [2.05, 4.69) is 20.8 Å². The number of aromatic hydroxyl groups is 1. The van der Waals surface area contributed by atoms with Crippen molar-refractivity contribution in [1.82, 2.24) is 0 Å². The lowest BCUT2D eigenvalue weighted by atomic mass is 10.1. The Labute approximate surface area is 83.4 Å². The number of phenolic OH excluding ortho intramolecular Hbond substituents is 1. The van der Waals surface area contributed by atoms with Gasteiger partial charge >= 0.3 is 0 Å². The van der Waals surface area contributed by atoms with Gasteiger partial charge in [-0.3, -0.25) is 0 Å². The summed E-state index contributed by atoms with van der Waals surface area (Å²) in [6.07, 6.45) is 0.446. The van der Waals surface area contributed by atoms with Gasteiger partial charge in [0.2, 0.25) is 0 Å². The standard InChI is InChI=1S/C8H9BrFNO2/c9-6-3-5(1-2-13-11)8(12)4-7(6)10/h3-4,12H,1-2,11H2. The Morgan fingerprint density at radius 2 is 2.23 bits per heavy atom. The minimum Gasteiger partial charge on any atom is -0.508 e. The van der Waals surface area contributed by atoms with E-state index in [-0.39, 0.29) is 12.4 Å². The SMILES string of the molecule is NOCCc1cc(Br)c(F)cc1O. The van der Waals surface area contributed by atoms with Crippen LogP contribution < -0.4 is 5.90 Å². The molecule has 13 heavy (non-hydrogen) atoms. The molecular formula is C8H9BrFNO2. The third-order valence-corrected chi connectivity index (χ3v) is 2.22. The molecule has 0 unspecified atom stereocenters. The largest absolute Gasteiger partial charge is 0.508 e. The summed E-state index contributed by atoms with van der Waals surface area (Å²) in [5.41, 5.74) is 0.596. The maximum atomic E-state index is 12.8. The number of hydrogen-bond acceptors (Lipinski definition) is 3. The second-order valence-electron chi connectivity index (χ2n) is 2.52. The van der Waals surface area contributed by atoms with Crippen molar-refractivity contribution in [2.45, 2.75) is 6.42 Å². The van der Waals surface area contributed by atoms with Gasteiger partial charge < -0.3 is 9.94 Å². The Bertz CT molecular complexity index is 306. The Kier molecular flexibility index (Phi) is 3.65. The molecule has 0 aliphatic carbocycles. The molecule has 3 N–H and O–H groups in total. The normalized spacial score (nSPS) is 10.4. The molecular weight excluding hydrogens is 241 g/mol. The van der Waals surface area contributed by atoms with Crippen LogP contribution in [0.4, 0.5) is 4.39 Å². The lowest BCUT2D eigenvalue weighted by Gasteiger charge is -2.04. The summed E-state index contributed by atoms with van der Waals surface area (Å²) < 4.78 is 13.1. The first-order valence-electron chi connectivity index (χ1n) is 3.63. The molecule has 72 valence electrons. The van der Waals surface area contributed by atoms with Crippen LogP contribution in [0.25, 0.3) is 0 Å². The van der Waals surface area contributed by atoms with Crippen molar-refractivity contribution in [2.75, 3.05) is 6.61 Å². The van der Waals surface area contributed by atoms with Gasteiger partial charge in [0.25, 0.3) is 0 Å². The lowest BCUT2D eigenvalue weighted by molar-refractivity contribution is 0.140. The quantitative estimate of drug-likeness (QED) is 0.803. The summed E-state index contributed by atoms with van der Waals surface area (Å²) in [4.78, 5) is 4.35.